The van der Waals surface area contributed by atoms with Gasteiger partial charge in [0, 0.05) is 49.1 Å². The number of nitrogens with zero attached hydrogens (tertiary/aromatic N) is 2. The first-order valence-electron chi connectivity index (χ1n) is 6.75. The van der Waals surface area contributed by atoms with Crippen LogP contribution in [0.1, 0.15) is 5.56 Å². The molecule has 0 unspecified atom stereocenters. The lowest BCUT2D eigenvalue weighted by atomic mass is 10.1. The number of para-hydroxylation sites is 1. The number of nitrogen functional groups attached to an aromatic ring is 1. The summed E-state index contributed by atoms with van der Waals surface area (Å²) in [5.41, 5.74) is 10.3. The van der Waals surface area contributed by atoms with Crippen molar-refractivity contribution < 1.29 is 0 Å². The maximum atomic E-state index is 5.74. The largest absolute Gasteiger partial charge is 0.399 e. The van der Waals surface area contributed by atoms with E-state index >= 15 is 0 Å². The van der Waals surface area contributed by atoms with Crippen LogP contribution in [0.25, 0.3) is 10.9 Å². The van der Waals surface area contributed by atoms with Crippen LogP contribution in [-0.4, -0.2) is 11.6 Å². The van der Waals surface area contributed by atoms with Gasteiger partial charge in [0.05, 0.1) is 0 Å². The van der Waals surface area contributed by atoms with E-state index in [1.54, 1.807) is 0 Å². The number of benzene rings is 2. The van der Waals surface area contributed by atoms with Gasteiger partial charge in [-0.2, -0.15) is 0 Å². The Balaban J connectivity index is 1.91. The number of nitrogens with two attached hydrogens (primary N) is 1. The standard InChI is InChI=1S/C17H19N3/c1-19(15-9-7-14(18)8-10-15)11-13-12-20(2)17-6-4-3-5-16(13)17/h3-10,12H,11,18H2,1-2H3. The van der Waals surface area contributed by atoms with Gasteiger partial charge in [-0.3, -0.25) is 0 Å². The van der Waals surface area contributed by atoms with Crippen LogP contribution in [-0.2, 0) is 13.6 Å². The van der Waals surface area contributed by atoms with Gasteiger partial charge >= 0.3 is 0 Å². The Kier molecular flexibility index (Phi) is 3.11. The number of anilines is 2. The highest BCUT2D eigenvalue weighted by Crippen LogP contribution is 2.24. The van der Waals surface area contributed by atoms with Crippen molar-refractivity contribution in [2.75, 3.05) is 17.7 Å². The van der Waals surface area contributed by atoms with Crippen molar-refractivity contribution in [3.8, 4) is 0 Å². The van der Waals surface area contributed by atoms with Crippen molar-refractivity contribution in [1.82, 2.24) is 4.57 Å². The smallest absolute Gasteiger partial charge is 0.0481 e. The molecule has 2 N–H and O–H groups in total. The van der Waals surface area contributed by atoms with E-state index < -0.39 is 0 Å². The fourth-order valence-electron chi connectivity index (χ4n) is 2.63. The Labute approximate surface area is 119 Å². The fourth-order valence-corrected chi connectivity index (χ4v) is 2.63. The lowest BCUT2D eigenvalue weighted by molar-refractivity contribution is 0.904. The molecule has 3 aromatic rings. The molecule has 3 rings (SSSR count). The number of hydrogen-bond acceptors (Lipinski definition) is 2. The van der Waals surface area contributed by atoms with Gasteiger partial charge < -0.3 is 15.2 Å². The third-order valence-electron chi connectivity index (χ3n) is 3.72. The third-order valence-corrected chi connectivity index (χ3v) is 3.72. The Morgan fingerprint density at radius 1 is 1.05 bits per heavy atom. The Morgan fingerprint density at radius 3 is 2.50 bits per heavy atom. The molecule has 0 saturated heterocycles. The van der Waals surface area contributed by atoms with Crippen LogP contribution < -0.4 is 10.6 Å². The third kappa shape index (κ3) is 2.23. The molecule has 3 heteroatoms. The molecule has 0 aliphatic rings. The summed E-state index contributed by atoms with van der Waals surface area (Å²) in [5.74, 6) is 0. The van der Waals surface area contributed by atoms with Gasteiger partial charge in [0.1, 0.15) is 0 Å². The SMILES string of the molecule is CN(Cc1cn(C)c2ccccc12)c1ccc(N)cc1. The first-order valence-corrected chi connectivity index (χ1v) is 6.75. The predicted molar refractivity (Wildman–Crippen MR) is 85.9 cm³/mol. The summed E-state index contributed by atoms with van der Waals surface area (Å²) in [6.07, 6.45) is 2.21. The number of aromatic nitrogens is 1. The maximum Gasteiger partial charge on any atom is 0.0481 e. The predicted octanol–water partition coefficient (Wildman–Crippen LogP) is 3.40. The van der Waals surface area contributed by atoms with Crippen molar-refractivity contribution in [3.05, 3.63) is 60.3 Å². The van der Waals surface area contributed by atoms with E-state index in [0.29, 0.717) is 0 Å². The van der Waals surface area contributed by atoms with Crippen molar-refractivity contribution in [3.63, 3.8) is 0 Å². The minimum Gasteiger partial charge on any atom is -0.399 e. The second-order valence-electron chi connectivity index (χ2n) is 5.23. The van der Waals surface area contributed by atoms with Crippen molar-refractivity contribution in [1.29, 1.82) is 0 Å². The molecule has 2 aromatic carbocycles. The summed E-state index contributed by atoms with van der Waals surface area (Å²) in [4.78, 5) is 2.24. The first kappa shape index (κ1) is 12.6. The van der Waals surface area contributed by atoms with Gasteiger partial charge in [-0.25, -0.2) is 0 Å². The van der Waals surface area contributed by atoms with E-state index in [9.17, 15) is 0 Å². The van der Waals surface area contributed by atoms with Crippen LogP contribution in [0.3, 0.4) is 0 Å². The first-order chi connectivity index (χ1) is 9.65. The van der Waals surface area contributed by atoms with Crippen LogP contribution in [0.2, 0.25) is 0 Å². The van der Waals surface area contributed by atoms with Crippen molar-refractivity contribution in [2.45, 2.75) is 6.54 Å². The highest BCUT2D eigenvalue weighted by Gasteiger charge is 2.08. The minimum absolute atomic E-state index is 0.798. The maximum absolute atomic E-state index is 5.74. The molecule has 102 valence electrons. The van der Waals surface area contributed by atoms with Gasteiger partial charge in [-0.1, -0.05) is 18.2 Å². The summed E-state index contributed by atoms with van der Waals surface area (Å²) in [6.45, 7) is 0.880. The molecule has 0 aliphatic carbocycles. The monoisotopic (exact) mass is 265 g/mol. The van der Waals surface area contributed by atoms with Crippen LogP contribution in [0.15, 0.2) is 54.7 Å². The summed E-state index contributed by atoms with van der Waals surface area (Å²) < 4.78 is 2.18. The molecule has 0 bridgehead atoms. The van der Waals surface area contributed by atoms with Gasteiger partial charge in [0.25, 0.3) is 0 Å². The molecule has 0 atom stereocenters. The van der Waals surface area contributed by atoms with Gasteiger partial charge in [0.15, 0.2) is 0 Å². The minimum atomic E-state index is 0.798. The quantitative estimate of drug-likeness (QED) is 0.736. The molecule has 0 spiro atoms. The molecule has 0 saturated carbocycles. The molecule has 0 amide bonds. The zero-order valence-electron chi connectivity index (χ0n) is 11.9. The summed E-state index contributed by atoms with van der Waals surface area (Å²) in [7, 11) is 4.20. The summed E-state index contributed by atoms with van der Waals surface area (Å²) in [6, 6.07) is 16.5. The second-order valence-corrected chi connectivity index (χ2v) is 5.23. The van der Waals surface area contributed by atoms with E-state index in [0.717, 1.165) is 12.2 Å². The highest BCUT2D eigenvalue weighted by molar-refractivity contribution is 5.84. The zero-order chi connectivity index (χ0) is 14.1. The number of hydrogen-bond donors (Lipinski definition) is 1. The average Bonchev–Trinajstić information content (AvgIpc) is 2.77. The van der Waals surface area contributed by atoms with Crippen LogP contribution >= 0.6 is 0 Å². The number of fused-ring (bicyclic) bond motifs is 1. The topological polar surface area (TPSA) is 34.2 Å². The lowest BCUT2D eigenvalue weighted by Gasteiger charge is -2.19. The molecule has 20 heavy (non-hydrogen) atoms. The van der Waals surface area contributed by atoms with Gasteiger partial charge in [-0.05, 0) is 35.9 Å². The van der Waals surface area contributed by atoms with Gasteiger partial charge in [-0.15, -0.1) is 0 Å². The van der Waals surface area contributed by atoms with Crippen LogP contribution in [0, 0.1) is 0 Å². The molecule has 0 radical (unpaired) electrons. The normalized spacial score (nSPS) is 10.9. The van der Waals surface area contributed by atoms with E-state index in [4.69, 9.17) is 5.73 Å². The summed E-state index contributed by atoms with van der Waals surface area (Å²) >= 11 is 0. The Morgan fingerprint density at radius 2 is 1.75 bits per heavy atom. The van der Waals surface area contributed by atoms with E-state index in [-0.39, 0.29) is 0 Å². The lowest BCUT2D eigenvalue weighted by Crippen LogP contribution is -2.16. The molecule has 0 aliphatic heterocycles. The average molecular weight is 265 g/mol. The molecular formula is C17H19N3. The Hall–Kier alpha value is -2.42. The Bertz CT molecular complexity index is 726. The van der Waals surface area contributed by atoms with E-state index in [1.165, 1.54) is 22.2 Å². The van der Waals surface area contributed by atoms with Gasteiger partial charge in [0.2, 0.25) is 0 Å². The number of aryl methyl sites for hydroxylation is 1. The molecule has 3 nitrogen and oxygen atoms in total. The molecule has 1 heterocycles. The number of rotatable bonds is 3. The molecule has 1 aromatic heterocycles. The van der Waals surface area contributed by atoms with Crippen LogP contribution in [0.4, 0.5) is 11.4 Å². The fraction of sp³-hybridized carbons (Fsp3) is 0.176. The highest BCUT2D eigenvalue weighted by atomic mass is 15.1. The second kappa shape index (κ2) is 4.93. The summed E-state index contributed by atoms with van der Waals surface area (Å²) in [5, 5.41) is 1.32. The van der Waals surface area contributed by atoms with Crippen LogP contribution in [0.5, 0.6) is 0 Å². The molecule has 0 fully saturated rings. The van der Waals surface area contributed by atoms with Crippen molar-refractivity contribution in [2.24, 2.45) is 7.05 Å². The van der Waals surface area contributed by atoms with E-state index in [2.05, 4.69) is 66.2 Å². The van der Waals surface area contributed by atoms with Crippen molar-refractivity contribution >= 4 is 22.3 Å². The zero-order valence-corrected chi connectivity index (χ0v) is 11.9. The van der Waals surface area contributed by atoms with E-state index in [1.807, 2.05) is 12.1 Å². The molecular weight excluding hydrogens is 246 g/mol.